The zero-order valence-corrected chi connectivity index (χ0v) is 12.4. The van der Waals surface area contributed by atoms with Crippen molar-refractivity contribution in [2.75, 3.05) is 0 Å². The molecule has 7 heteroatoms. The molecular formula is C13H17N3O3S. The Kier molecular flexibility index (Phi) is 4.87. The highest BCUT2D eigenvalue weighted by Gasteiger charge is 2.26. The predicted octanol–water partition coefficient (Wildman–Crippen LogP) is 0.655. The summed E-state index contributed by atoms with van der Waals surface area (Å²) in [5.74, 6) is -0.990. The van der Waals surface area contributed by atoms with E-state index in [-0.39, 0.29) is 10.8 Å². The minimum atomic E-state index is -3.86. The average Bonchev–Trinajstić information content (AvgIpc) is 2.35. The number of benzene rings is 1. The number of amides is 1. The number of carbonyl (C=O) groups excluding carboxylic acids is 1. The van der Waals surface area contributed by atoms with E-state index in [1.54, 1.807) is 20.8 Å². The molecule has 0 spiro atoms. The molecule has 0 aliphatic rings. The zero-order valence-electron chi connectivity index (χ0n) is 11.5. The van der Waals surface area contributed by atoms with Crippen molar-refractivity contribution in [3.63, 3.8) is 0 Å². The van der Waals surface area contributed by atoms with E-state index in [1.165, 1.54) is 18.2 Å². The normalized spacial score (nSPS) is 12.9. The molecule has 0 aromatic heterocycles. The van der Waals surface area contributed by atoms with Gasteiger partial charge in [-0.05, 0) is 36.6 Å². The van der Waals surface area contributed by atoms with E-state index in [4.69, 9.17) is 11.0 Å². The molecule has 3 N–H and O–H groups in total. The summed E-state index contributed by atoms with van der Waals surface area (Å²) in [7, 11) is -3.86. The molecule has 0 saturated carbocycles. The molecule has 0 aliphatic heterocycles. The van der Waals surface area contributed by atoms with Crippen LogP contribution in [0.1, 0.15) is 25.0 Å². The van der Waals surface area contributed by atoms with Gasteiger partial charge in [-0.15, -0.1) is 0 Å². The molecule has 1 atom stereocenters. The number of primary amides is 1. The van der Waals surface area contributed by atoms with Crippen LogP contribution in [0.3, 0.4) is 0 Å². The number of hydrogen-bond acceptors (Lipinski definition) is 4. The van der Waals surface area contributed by atoms with Crippen LogP contribution < -0.4 is 10.5 Å². The monoisotopic (exact) mass is 295 g/mol. The summed E-state index contributed by atoms with van der Waals surface area (Å²) in [6.07, 6.45) is 0. The summed E-state index contributed by atoms with van der Waals surface area (Å²) in [5, 5.41) is 8.83. The third-order valence-electron chi connectivity index (χ3n) is 2.88. The molecule has 0 aliphatic carbocycles. The van der Waals surface area contributed by atoms with Crippen molar-refractivity contribution in [2.45, 2.75) is 31.7 Å². The van der Waals surface area contributed by atoms with Gasteiger partial charge in [0.2, 0.25) is 15.9 Å². The van der Waals surface area contributed by atoms with Crippen molar-refractivity contribution in [3.05, 3.63) is 29.3 Å². The third kappa shape index (κ3) is 3.56. The number of nitrogens with zero attached hydrogens (tertiary/aromatic N) is 1. The Morgan fingerprint density at radius 1 is 1.40 bits per heavy atom. The van der Waals surface area contributed by atoms with Crippen LogP contribution in [0.2, 0.25) is 0 Å². The fourth-order valence-electron chi connectivity index (χ4n) is 1.69. The van der Waals surface area contributed by atoms with Crippen LogP contribution in [0.15, 0.2) is 23.1 Å². The van der Waals surface area contributed by atoms with E-state index in [1.807, 2.05) is 6.07 Å². The molecule has 0 heterocycles. The molecule has 1 unspecified atom stereocenters. The van der Waals surface area contributed by atoms with Gasteiger partial charge in [-0.25, -0.2) is 8.42 Å². The number of hydrogen-bond donors (Lipinski definition) is 2. The fourth-order valence-corrected chi connectivity index (χ4v) is 3.12. The standard InChI is InChI=1S/C13H17N3O3S/c1-8(2)12(13(15)17)16-20(18,19)11-5-4-10(7-14)9(3)6-11/h4-6,8,12,16H,1-3H3,(H2,15,17). The Labute approximate surface area is 118 Å². The van der Waals surface area contributed by atoms with Gasteiger partial charge >= 0.3 is 0 Å². The molecule has 0 radical (unpaired) electrons. The molecule has 0 fully saturated rings. The quantitative estimate of drug-likeness (QED) is 0.830. The highest BCUT2D eigenvalue weighted by atomic mass is 32.2. The lowest BCUT2D eigenvalue weighted by atomic mass is 10.1. The number of rotatable bonds is 5. The molecule has 0 saturated heterocycles. The van der Waals surface area contributed by atoms with E-state index < -0.39 is 22.0 Å². The first kappa shape index (κ1) is 16.1. The fraction of sp³-hybridized carbons (Fsp3) is 0.385. The lowest BCUT2D eigenvalue weighted by Crippen LogP contribution is -2.47. The van der Waals surface area contributed by atoms with E-state index >= 15 is 0 Å². The Morgan fingerprint density at radius 2 is 2.00 bits per heavy atom. The van der Waals surface area contributed by atoms with Gasteiger partial charge in [-0.1, -0.05) is 13.8 Å². The number of aryl methyl sites for hydroxylation is 1. The first-order chi connectivity index (χ1) is 9.19. The number of nitriles is 1. The van der Waals surface area contributed by atoms with Crippen LogP contribution in [-0.2, 0) is 14.8 Å². The smallest absolute Gasteiger partial charge is 0.241 e. The minimum Gasteiger partial charge on any atom is -0.368 e. The Morgan fingerprint density at radius 3 is 2.40 bits per heavy atom. The van der Waals surface area contributed by atoms with Crippen LogP contribution in [0, 0.1) is 24.2 Å². The summed E-state index contributed by atoms with van der Waals surface area (Å²) in [6, 6.07) is 5.13. The molecule has 20 heavy (non-hydrogen) atoms. The van der Waals surface area contributed by atoms with Crippen LogP contribution in [0.5, 0.6) is 0 Å². The maximum absolute atomic E-state index is 12.2. The Bertz CT molecular complexity index is 660. The van der Waals surface area contributed by atoms with Gasteiger partial charge in [-0.3, -0.25) is 4.79 Å². The van der Waals surface area contributed by atoms with Crippen LogP contribution >= 0.6 is 0 Å². The SMILES string of the molecule is Cc1cc(S(=O)(=O)NC(C(N)=O)C(C)C)ccc1C#N. The molecule has 1 amide bonds. The van der Waals surface area contributed by atoms with Gasteiger partial charge in [-0.2, -0.15) is 9.98 Å². The van der Waals surface area contributed by atoms with Crippen molar-refractivity contribution >= 4 is 15.9 Å². The van der Waals surface area contributed by atoms with Crippen molar-refractivity contribution < 1.29 is 13.2 Å². The summed E-state index contributed by atoms with van der Waals surface area (Å²) in [6.45, 7) is 5.04. The van der Waals surface area contributed by atoms with Gasteiger partial charge < -0.3 is 5.73 Å². The summed E-state index contributed by atoms with van der Waals surface area (Å²) in [4.78, 5) is 11.3. The maximum atomic E-state index is 12.2. The van der Waals surface area contributed by atoms with Gasteiger partial charge in [0.05, 0.1) is 16.5 Å². The number of nitrogens with two attached hydrogens (primary N) is 1. The van der Waals surface area contributed by atoms with Gasteiger partial charge in [0.1, 0.15) is 6.04 Å². The van der Waals surface area contributed by atoms with Crippen LogP contribution in [0.25, 0.3) is 0 Å². The third-order valence-corrected chi connectivity index (χ3v) is 4.32. The zero-order chi connectivity index (χ0) is 15.5. The van der Waals surface area contributed by atoms with E-state index in [9.17, 15) is 13.2 Å². The second-order valence-corrected chi connectivity index (χ2v) is 6.55. The van der Waals surface area contributed by atoms with Crippen molar-refractivity contribution in [1.29, 1.82) is 5.26 Å². The Hall–Kier alpha value is -1.91. The average molecular weight is 295 g/mol. The predicted molar refractivity (Wildman–Crippen MR) is 74.0 cm³/mol. The molecule has 1 aromatic carbocycles. The number of nitrogens with one attached hydrogen (secondary N) is 1. The molecule has 6 nitrogen and oxygen atoms in total. The van der Waals surface area contributed by atoms with Crippen LogP contribution in [-0.4, -0.2) is 20.4 Å². The Balaban J connectivity index is 3.15. The molecule has 0 bridgehead atoms. The van der Waals surface area contributed by atoms with Gasteiger partial charge in [0.25, 0.3) is 0 Å². The first-order valence-electron chi connectivity index (χ1n) is 6.01. The number of sulfonamides is 1. The molecule has 108 valence electrons. The van der Waals surface area contributed by atoms with Crippen LogP contribution in [0.4, 0.5) is 0 Å². The second-order valence-electron chi connectivity index (χ2n) is 4.83. The molecule has 1 rings (SSSR count). The lowest BCUT2D eigenvalue weighted by molar-refractivity contribution is -0.120. The highest BCUT2D eigenvalue weighted by Crippen LogP contribution is 2.16. The summed E-state index contributed by atoms with van der Waals surface area (Å²) in [5.41, 5.74) is 6.14. The van der Waals surface area contributed by atoms with Crippen molar-refractivity contribution in [2.24, 2.45) is 11.7 Å². The minimum absolute atomic E-state index is 0.000833. The molecule has 1 aromatic rings. The van der Waals surface area contributed by atoms with Crippen molar-refractivity contribution in [1.82, 2.24) is 4.72 Å². The van der Waals surface area contributed by atoms with Gasteiger partial charge in [0.15, 0.2) is 0 Å². The van der Waals surface area contributed by atoms with E-state index in [0.29, 0.717) is 11.1 Å². The summed E-state index contributed by atoms with van der Waals surface area (Å²) < 4.78 is 26.7. The topological polar surface area (TPSA) is 113 Å². The first-order valence-corrected chi connectivity index (χ1v) is 7.49. The summed E-state index contributed by atoms with van der Waals surface area (Å²) >= 11 is 0. The van der Waals surface area contributed by atoms with E-state index in [2.05, 4.69) is 4.72 Å². The second kappa shape index (κ2) is 6.03. The van der Waals surface area contributed by atoms with Gasteiger partial charge in [0, 0.05) is 0 Å². The highest BCUT2D eigenvalue weighted by molar-refractivity contribution is 7.89. The maximum Gasteiger partial charge on any atom is 0.241 e. The van der Waals surface area contributed by atoms with E-state index in [0.717, 1.165) is 0 Å². The molecular weight excluding hydrogens is 278 g/mol. The van der Waals surface area contributed by atoms with Crippen molar-refractivity contribution in [3.8, 4) is 6.07 Å². The largest absolute Gasteiger partial charge is 0.368 e. The lowest BCUT2D eigenvalue weighted by Gasteiger charge is -2.19. The number of carbonyl (C=O) groups is 1.